The van der Waals surface area contributed by atoms with Crippen LogP contribution in [0.1, 0.15) is 5.56 Å². The molecule has 0 aliphatic heterocycles. The van der Waals surface area contributed by atoms with E-state index in [0.29, 0.717) is 16.2 Å². The molecule has 0 aliphatic rings. The smallest absolute Gasteiger partial charge is 0.178 e. The summed E-state index contributed by atoms with van der Waals surface area (Å²) in [6, 6.07) is 3.55. The summed E-state index contributed by atoms with van der Waals surface area (Å²) in [4.78, 5) is 0. The Morgan fingerprint density at radius 2 is 2.42 bits per heavy atom. The third-order valence-corrected chi connectivity index (χ3v) is 1.69. The van der Waals surface area contributed by atoms with Gasteiger partial charge in [0.05, 0.1) is 10.6 Å². The van der Waals surface area contributed by atoms with Crippen LogP contribution in [0.5, 0.6) is 0 Å². The van der Waals surface area contributed by atoms with Crippen molar-refractivity contribution in [2.45, 2.75) is 0 Å². The average Bonchev–Trinajstić information content (AvgIpc) is 2.50. The molecule has 0 N–H and O–H groups in total. The summed E-state index contributed by atoms with van der Waals surface area (Å²) in [5.41, 5.74) is 0.960. The molecule has 58 valence electrons. The van der Waals surface area contributed by atoms with Crippen molar-refractivity contribution in [3.8, 4) is 6.07 Å². The van der Waals surface area contributed by atoms with Gasteiger partial charge in [0.25, 0.3) is 0 Å². The number of aromatic nitrogens is 3. The van der Waals surface area contributed by atoms with Gasteiger partial charge in [0, 0.05) is 6.20 Å². The molecule has 0 saturated carbocycles. The molecule has 5 heteroatoms. The Morgan fingerprint density at radius 3 is 3.17 bits per heavy atom. The second-order valence-corrected chi connectivity index (χ2v) is 2.68. The fraction of sp³-hybridized carbons (Fsp3) is 0. The van der Waals surface area contributed by atoms with E-state index in [4.69, 9.17) is 16.9 Å². The van der Waals surface area contributed by atoms with Gasteiger partial charge in [0.1, 0.15) is 12.4 Å². The molecule has 12 heavy (non-hydrogen) atoms. The number of halogens is 1. The van der Waals surface area contributed by atoms with Crippen LogP contribution in [0.15, 0.2) is 18.6 Å². The highest BCUT2D eigenvalue weighted by atomic mass is 35.5. The number of pyridine rings is 1. The van der Waals surface area contributed by atoms with Crippen LogP contribution >= 0.6 is 11.6 Å². The maximum Gasteiger partial charge on any atom is 0.178 e. The highest BCUT2D eigenvalue weighted by molar-refractivity contribution is 6.30. The molecular weight excluding hydrogens is 176 g/mol. The Balaban J connectivity index is 2.91. The molecule has 2 aromatic rings. The monoisotopic (exact) mass is 178 g/mol. The molecule has 2 rings (SSSR count). The zero-order valence-corrected chi connectivity index (χ0v) is 6.65. The quantitative estimate of drug-likeness (QED) is 0.610. The van der Waals surface area contributed by atoms with Crippen LogP contribution in [0.25, 0.3) is 5.65 Å². The van der Waals surface area contributed by atoms with Gasteiger partial charge in [0.2, 0.25) is 0 Å². The first-order valence-electron chi connectivity index (χ1n) is 3.20. The number of hydrogen-bond acceptors (Lipinski definition) is 3. The second kappa shape index (κ2) is 2.47. The van der Waals surface area contributed by atoms with E-state index in [1.165, 1.54) is 6.33 Å². The number of rotatable bonds is 0. The van der Waals surface area contributed by atoms with Crippen LogP contribution in [-0.4, -0.2) is 14.6 Å². The SMILES string of the molecule is N#Cc1cc(Cl)cn2cnnc12. The Hall–Kier alpha value is -1.60. The fourth-order valence-corrected chi connectivity index (χ4v) is 1.20. The van der Waals surface area contributed by atoms with Gasteiger partial charge in [-0.2, -0.15) is 5.26 Å². The number of nitriles is 1. The van der Waals surface area contributed by atoms with Gasteiger partial charge in [-0.1, -0.05) is 11.6 Å². The second-order valence-electron chi connectivity index (χ2n) is 2.25. The predicted molar refractivity (Wildman–Crippen MR) is 42.7 cm³/mol. The summed E-state index contributed by atoms with van der Waals surface area (Å²) in [6.07, 6.45) is 3.15. The van der Waals surface area contributed by atoms with E-state index < -0.39 is 0 Å². The molecule has 0 aromatic carbocycles. The van der Waals surface area contributed by atoms with Crippen LogP contribution < -0.4 is 0 Å². The number of nitrogens with zero attached hydrogens (tertiary/aromatic N) is 4. The molecule has 0 bridgehead atoms. The van der Waals surface area contributed by atoms with Gasteiger partial charge < -0.3 is 0 Å². The normalized spacial score (nSPS) is 10.0. The first-order valence-corrected chi connectivity index (χ1v) is 3.58. The van der Waals surface area contributed by atoms with Crippen molar-refractivity contribution in [2.75, 3.05) is 0 Å². The van der Waals surface area contributed by atoms with E-state index in [1.807, 2.05) is 6.07 Å². The highest BCUT2D eigenvalue weighted by Crippen LogP contribution is 2.13. The van der Waals surface area contributed by atoms with Crippen LogP contribution in [0.3, 0.4) is 0 Å². The van der Waals surface area contributed by atoms with Crippen molar-refractivity contribution in [3.05, 3.63) is 29.2 Å². The lowest BCUT2D eigenvalue weighted by Gasteiger charge is -1.94. The average molecular weight is 179 g/mol. The minimum Gasteiger partial charge on any atom is -0.286 e. The highest BCUT2D eigenvalue weighted by Gasteiger charge is 2.03. The summed E-state index contributed by atoms with van der Waals surface area (Å²) in [6.45, 7) is 0. The zero-order valence-electron chi connectivity index (χ0n) is 5.90. The van der Waals surface area contributed by atoms with Gasteiger partial charge in [-0.25, -0.2) is 0 Å². The molecule has 0 aliphatic carbocycles. The van der Waals surface area contributed by atoms with E-state index in [0.717, 1.165) is 0 Å². The minimum absolute atomic E-state index is 0.431. The van der Waals surface area contributed by atoms with Crippen molar-refractivity contribution in [1.29, 1.82) is 5.26 Å². The molecule has 2 aromatic heterocycles. The lowest BCUT2D eigenvalue weighted by molar-refractivity contribution is 1.10. The molecule has 0 atom stereocenters. The molecule has 0 unspecified atom stereocenters. The van der Waals surface area contributed by atoms with Crippen molar-refractivity contribution in [3.63, 3.8) is 0 Å². The molecule has 0 radical (unpaired) electrons. The molecular formula is C7H3ClN4. The van der Waals surface area contributed by atoms with Crippen LogP contribution in [0, 0.1) is 11.3 Å². The maximum atomic E-state index is 8.69. The molecule has 0 fully saturated rings. The summed E-state index contributed by atoms with van der Waals surface area (Å²) in [5.74, 6) is 0. The third kappa shape index (κ3) is 0.917. The standard InChI is InChI=1S/C7H3ClN4/c8-6-1-5(2-9)7-11-10-4-12(7)3-6/h1,3-4H. The van der Waals surface area contributed by atoms with Crippen molar-refractivity contribution in [1.82, 2.24) is 14.6 Å². The van der Waals surface area contributed by atoms with Gasteiger partial charge in [-0.15, -0.1) is 10.2 Å². The summed E-state index contributed by atoms with van der Waals surface area (Å²) < 4.78 is 1.61. The molecule has 0 amide bonds. The van der Waals surface area contributed by atoms with Crippen LogP contribution in [-0.2, 0) is 0 Å². The van der Waals surface area contributed by atoms with E-state index >= 15 is 0 Å². The minimum atomic E-state index is 0.431. The third-order valence-electron chi connectivity index (χ3n) is 1.48. The topological polar surface area (TPSA) is 54.0 Å². The summed E-state index contributed by atoms with van der Waals surface area (Å²) in [7, 11) is 0. The molecule has 4 nitrogen and oxygen atoms in total. The van der Waals surface area contributed by atoms with E-state index in [-0.39, 0.29) is 0 Å². The van der Waals surface area contributed by atoms with E-state index in [9.17, 15) is 0 Å². The Kier molecular flexibility index (Phi) is 1.45. The first-order chi connectivity index (χ1) is 5.81. The van der Waals surface area contributed by atoms with Gasteiger partial charge in [-0.05, 0) is 6.07 Å². The fourth-order valence-electron chi connectivity index (χ4n) is 0.985. The van der Waals surface area contributed by atoms with Crippen molar-refractivity contribution < 1.29 is 0 Å². The Bertz CT molecular complexity index is 468. The lowest BCUT2D eigenvalue weighted by Crippen LogP contribution is -1.87. The Morgan fingerprint density at radius 1 is 1.58 bits per heavy atom. The largest absolute Gasteiger partial charge is 0.286 e. The first kappa shape index (κ1) is 7.07. The molecule has 0 saturated heterocycles. The van der Waals surface area contributed by atoms with Crippen molar-refractivity contribution >= 4 is 17.2 Å². The molecule has 0 spiro atoms. The zero-order chi connectivity index (χ0) is 8.55. The van der Waals surface area contributed by atoms with Crippen molar-refractivity contribution in [2.24, 2.45) is 0 Å². The van der Waals surface area contributed by atoms with Gasteiger partial charge in [-0.3, -0.25) is 4.40 Å². The summed E-state index contributed by atoms with van der Waals surface area (Å²) >= 11 is 5.73. The van der Waals surface area contributed by atoms with E-state index in [2.05, 4.69) is 10.2 Å². The van der Waals surface area contributed by atoms with Gasteiger partial charge in [0.15, 0.2) is 5.65 Å². The van der Waals surface area contributed by atoms with E-state index in [1.54, 1.807) is 16.7 Å². The maximum absolute atomic E-state index is 8.69. The number of fused-ring (bicyclic) bond motifs is 1. The Labute approximate surface area is 73.0 Å². The lowest BCUT2D eigenvalue weighted by atomic mass is 10.3. The van der Waals surface area contributed by atoms with Crippen LogP contribution in [0.4, 0.5) is 0 Å². The number of hydrogen-bond donors (Lipinski definition) is 0. The predicted octanol–water partition coefficient (Wildman–Crippen LogP) is 1.25. The van der Waals surface area contributed by atoms with Gasteiger partial charge >= 0.3 is 0 Å². The molecule has 2 heterocycles. The van der Waals surface area contributed by atoms with Crippen LogP contribution in [0.2, 0.25) is 5.02 Å². The summed E-state index contributed by atoms with van der Waals surface area (Å²) in [5, 5.41) is 16.6.